The maximum atomic E-state index is 12.2. The highest BCUT2D eigenvalue weighted by Gasteiger charge is 2.23. The summed E-state index contributed by atoms with van der Waals surface area (Å²) in [6.45, 7) is 3.19. The van der Waals surface area contributed by atoms with Crippen LogP contribution >= 0.6 is 0 Å². The number of hydrogen-bond acceptors (Lipinski definition) is 9. The molecule has 0 N–H and O–H groups in total. The van der Waals surface area contributed by atoms with Crippen LogP contribution in [0.3, 0.4) is 0 Å². The van der Waals surface area contributed by atoms with E-state index in [9.17, 15) is 14.9 Å². The molecule has 0 spiro atoms. The highest BCUT2D eigenvalue weighted by molar-refractivity contribution is 5.91. The molecule has 0 saturated heterocycles. The van der Waals surface area contributed by atoms with Crippen molar-refractivity contribution in [2.75, 3.05) is 0 Å². The number of benzene rings is 1. The minimum atomic E-state index is -0.789. The van der Waals surface area contributed by atoms with E-state index < -0.39 is 17.0 Å². The van der Waals surface area contributed by atoms with E-state index in [0.29, 0.717) is 5.82 Å². The number of carbonyl (C=O) groups excluding carboxylic acids is 1. The van der Waals surface area contributed by atoms with Crippen molar-refractivity contribution in [3.63, 3.8) is 0 Å². The fraction of sp³-hybridized carbons (Fsp3) is 0.214. The summed E-state index contributed by atoms with van der Waals surface area (Å²) in [7, 11) is 0. The molecule has 0 aliphatic rings. The Hall–Kier alpha value is -3.63. The lowest BCUT2D eigenvalue weighted by Gasteiger charge is -2.10. The summed E-state index contributed by atoms with van der Waals surface area (Å²) in [5, 5.41) is 18.8. The fourth-order valence-corrected chi connectivity index (χ4v) is 2.08. The number of rotatable bonds is 5. The van der Waals surface area contributed by atoms with E-state index in [1.54, 1.807) is 13.8 Å². The van der Waals surface area contributed by atoms with Gasteiger partial charge in [0, 0.05) is 6.07 Å². The fourth-order valence-electron chi connectivity index (χ4n) is 2.08. The van der Waals surface area contributed by atoms with E-state index in [1.807, 2.05) is 0 Å². The van der Waals surface area contributed by atoms with Crippen molar-refractivity contribution < 1.29 is 19.0 Å². The first-order valence-corrected chi connectivity index (χ1v) is 7.10. The monoisotopic (exact) mass is 344 g/mol. The largest absolute Gasteiger partial charge is 0.449 e. The Morgan fingerprint density at radius 2 is 2.24 bits per heavy atom. The van der Waals surface area contributed by atoms with E-state index in [-0.39, 0.29) is 22.8 Å². The van der Waals surface area contributed by atoms with Crippen LogP contribution < -0.4 is 0 Å². The summed E-state index contributed by atoms with van der Waals surface area (Å²) in [5.74, 6) is -0.207. The molecule has 1 unspecified atom stereocenters. The molecular formula is C14H12N6O5. The zero-order valence-corrected chi connectivity index (χ0v) is 13.2. The van der Waals surface area contributed by atoms with Crippen LogP contribution in [0.1, 0.15) is 35.1 Å². The number of esters is 1. The molecule has 2 heterocycles. The summed E-state index contributed by atoms with van der Waals surface area (Å²) in [4.78, 5) is 30.6. The second-order valence-corrected chi connectivity index (χ2v) is 5.03. The average molecular weight is 344 g/mol. The smallest absolute Gasteiger partial charge is 0.339 e. The van der Waals surface area contributed by atoms with Gasteiger partial charge in [0.1, 0.15) is 18.3 Å². The standard InChI is InChI=1S/C14H12N6O5/c1-8(13-17-9(2)18-25-13)24-14(21)10-3-4-11(12(5-10)20(22)23)19-7-15-6-16-19/h3-8H,1-2H3. The summed E-state index contributed by atoms with van der Waals surface area (Å²) in [5.41, 5.74) is -0.112. The number of hydrogen-bond donors (Lipinski definition) is 0. The van der Waals surface area contributed by atoms with Crippen molar-refractivity contribution in [3.8, 4) is 5.69 Å². The van der Waals surface area contributed by atoms with Gasteiger partial charge in [-0.3, -0.25) is 10.1 Å². The molecule has 1 atom stereocenters. The third kappa shape index (κ3) is 3.34. The Balaban J connectivity index is 1.86. The van der Waals surface area contributed by atoms with Crippen LogP contribution in [-0.4, -0.2) is 35.8 Å². The van der Waals surface area contributed by atoms with E-state index in [1.165, 1.54) is 29.5 Å². The van der Waals surface area contributed by atoms with Crippen LogP contribution in [0.2, 0.25) is 0 Å². The molecule has 0 amide bonds. The molecule has 25 heavy (non-hydrogen) atoms. The summed E-state index contributed by atoms with van der Waals surface area (Å²) in [6.07, 6.45) is 1.78. The van der Waals surface area contributed by atoms with Gasteiger partial charge in [-0.2, -0.15) is 10.1 Å². The van der Waals surface area contributed by atoms with Crippen LogP contribution in [0.25, 0.3) is 5.69 Å². The second-order valence-electron chi connectivity index (χ2n) is 5.03. The van der Waals surface area contributed by atoms with Crippen LogP contribution in [0, 0.1) is 17.0 Å². The molecule has 11 nitrogen and oxygen atoms in total. The zero-order chi connectivity index (χ0) is 18.0. The van der Waals surface area contributed by atoms with Crippen LogP contribution in [0.4, 0.5) is 5.69 Å². The van der Waals surface area contributed by atoms with Gasteiger partial charge in [-0.25, -0.2) is 14.5 Å². The maximum absolute atomic E-state index is 12.2. The third-order valence-electron chi connectivity index (χ3n) is 3.25. The Bertz CT molecular complexity index is 920. The van der Waals surface area contributed by atoms with Gasteiger partial charge in [-0.15, -0.1) is 0 Å². The number of nitro groups is 1. The van der Waals surface area contributed by atoms with Crippen molar-refractivity contribution in [2.45, 2.75) is 20.0 Å². The Kier molecular flexibility index (Phi) is 4.20. The van der Waals surface area contributed by atoms with Crippen molar-refractivity contribution in [1.29, 1.82) is 0 Å². The van der Waals surface area contributed by atoms with Gasteiger partial charge in [0.15, 0.2) is 11.9 Å². The van der Waals surface area contributed by atoms with Gasteiger partial charge in [-0.1, -0.05) is 5.16 Å². The minimum Gasteiger partial charge on any atom is -0.449 e. The molecule has 1 aromatic carbocycles. The molecule has 0 bridgehead atoms. The quantitative estimate of drug-likeness (QED) is 0.385. The van der Waals surface area contributed by atoms with Gasteiger partial charge >= 0.3 is 5.97 Å². The molecule has 3 aromatic rings. The molecule has 0 radical (unpaired) electrons. The van der Waals surface area contributed by atoms with Gasteiger partial charge in [0.05, 0.1) is 10.5 Å². The van der Waals surface area contributed by atoms with Gasteiger partial charge in [0.25, 0.3) is 11.6 Å². The third-order valence-corrected chi connectivity index (χ3v) is 3.25. The van der Waals surface area contributed by atoms with Crippen molar-refractivity contribution in [2.24, 2.45) is 0 Å². The molecule has 128 valence electrons. The van der Waals surface area contributed by atoms with Gasteiger partial charge < -0.3 is 9.26 Å². The summed E-state index contributed by atoms with van der Waals surface area (Å²) in [6, 6.07) is 3.91. The average Bonchev–Trinajstić information content (AvgIpc) is 3.25. The van der Waals surface area contributed by atoms with E-state index >= 15 is 0 Å². The number of ether oxygens (including phenoxy) is 1. The van der Waals surface area contributed by atoms with Crippen LogP contribution in [0.15, 0.2) is 35.4 Å². The lowest BCUT2D eigenvalue weighted by atomic mass is 10.1. The molecule has 2 aromatic heterocycles. The first-order valence-electron chi connectivity index (χ1n) is 7.10. The molecule has 3 rings (SSSR count). The topological polar surface area (TPSA) is 139 Å². The molecular weight excluding hydrogens is 332 g/mol. The highest BCUT2D eigenvalue weighted by atomic mass is 16.6. The Labute approximate surface area is 140 Å². The summed E-state index contributed by atoms with van der Waals surface area (Å²) >= 11 is 0. The van der Waals surface area contributed by atoms with E-state index in [0.717, 1.165) is 6.07 Å². The van der Waals surface area contributed by atoms with Gasteiger partial charge in [0.2, 0.25) is 0 Å². The number of aromatic nitrogens is 5. The predicted molar refractivity (Wildman–Crippen MR) is 80.9 cm³/mol. The minimum absolute atomic E-state index is 0.0126. The number of nitro benzene ring substituents is 1. The second kappa shape index (κ2) is 6.47. The van der Waals surface area contributed by atoms with Crippen molar-refractivity contribution in [3.05, 3.63) is 58.2 Å². The first kappa shape index (κ1) is 16.2. The number of nitrogens with zero attached hydrogens (tertiary/aromatic N) is 6. The maximum Gasteiger partial charge on any atom is 0.339 e. The van der Waals surface area contributed by atoms with E-state index in [2.05, 4.69) is 20.2 Å². The Morgan fingerprint density at radius 3 is 2.84 bits per heavy atom. The first-order chi connectivity index (χ1) is 12.0. The van der Waals surface area contributed by atoms with Crippen molar-refractivity contribution >= 4 is 11.7 Å². The predicted octanol–water partition coefficient (Wildman–Crippen LogP) is 1.78. The normalized spacial score (nSPS) is 11.9. The number of aryl methyl sites for hydroxylation is 1. The van der Waals surface area contributed by atoms with E-state index in [4.69, 9.17) is 9.26 Å². The SMILES string of the molecule is Cc1noc(C(C)OC(=O)c2ccc(-n3cncn3)c([N+](=O)[O-])c2)n1. The van der Waals surface area contributed by atoms with Gasteiger partial charge in [-0.05, 0) is 26.0 Å². The highest BCUT2D eigenvalue weighted by Crippen LogP contribution is 2.25. The zero-order valence-electron chi connectivity index (χ0n) is 13.2. The van der Waals surface area contributed by atoms with Crippen LogP contribution in [-0.2, 0) is 4.74 Å². The number of carbonyl (C=O) groups is 1. The molecule has 0 fully saturated rings. The molecule has 0 aliphatic carbocycles. The Morgan fingerprint density at radius 1 is 1.44 bits per heavy atom. The van der Waals surface area contributed by atoms with Crippen LogP contribution in [0.5, 0.6) is 0 Å². The van der Waals surface area contributed by atoms with Crippen molar-refractivity contribution in [1.82, 2.24) is 24.9 Å². The molecule has 11 heteroatoms. The lowest BCUT2D eigenvalue weighted by Crippen LogP contribution is -2.11. The molecule has 0 aliphatic heterocycles. The lowest BCUT2D eigenvalue weighted by molar-refractivity contribution is -0.384. The summed E-state index contributed by atoms with van der Waals surface area (Å²) < 4.78 is 11.4. The molecule has 0 saturated carbocycles.